The second-order valence-corrected chi connectivity index (χ2v) is 6.05. The molecule has 6 nitrogen and oxygen atoms in total. The number of aromatic nitrogens is 2. The second-order valence-electron chi connectivity index (χ2n) is 6.05. The van der Waals surface area contributed by atoms with Gasteiger partial charge in [-0.1, -0.05) is 11.6 Å². The quantitative estimate of drug-likeness (QED) is 0.817. The molecule has 0 saturated carbocycles. The first-order valence-electron chi connectivity index (χ1n) is 8.40. The van der Waals surface area contributed by atoms with E-state index in [1.807, 2.05) is 0 Å². The van der Waals surface area contributed by atoms with Crippen molar-refractivity contribution in [3.8, 4) is 11.5 Å². The van der Waals surface area contributed by atoms with E-state index in [4.69, 9.17) is 4.42 Å². The van der Waals surface area contributed by atoms with Gasteiger partial charge in [-0.15, -0.1) is 5.10 Å². The lowest BCUT2D eigenvalue weighted by Crippen LogP contribution is -2.32. The summed E-state index contributed by atoms with van der Waals surface area (Å²) >= 11 is 0. The Hall–Kier alpha value is -2.70. The summed E-state index contributed by atoms with van der Waals surface area (Å²) in [4.78, 5) is 23.8. The Morgan fingerprint density at radius 1 is 1.28 bits per heavy atom. The molecule has 0 aliphatic heterocycles. The van der Waals surface area contributed by atoms with Gasteiger partial charge >= 0.3 is 5.76 Å². The fourth-order valence-corrected chi connectivity index (χ4v) is 2.80. The third-order valence-electron chi connectivity index (χ3n) is 4.14. The zero-order valence-electron chi connectivity index (χ0n) is 13.8. The summed E-state index contributed by atoms with van der Waals surface area (Å²) in [6, 6.07) is 5.42. The van der Waals surface area contributed by atoms with Crippen molar-refractivity contribution >= 4 is 5.91 Å². The van der Waals surface area contributed by atoms with Crippen LogP contribution in [-0.2, 0) is 11.3 Å². The molecule has 1 aliphatic carbocycles. The third-order valence-corrected chi connectivity index (χ3v) is 4.14. The summed E-state index contributed by atoms with van der Waals surface area (Å²) in [7, 11) is 0. The van der Waals surface area contributed by atoms with Crippen LogP contribution < -0.4 is 11.1 Å². The molecule has 0 spiro atoms. The average molecular weight is 345 g/mol. The number of rotatable bonds is 6. The topological polar surface area (TPSA) is 77.1 Å². The van der Waals surface area contributed by atoms with E-state index >= 15 is 0 Å². The molecule has 25 heavy (non-hydrogen) atoms. The van der Waals surface area contributed by atoms with Crippen LogP contribution in [0.5, 0.6) is 0 Å². The number of carbonyl (C=O) groups is 1. The lowest BCUT2D eigenvalue weighted by Gasteiger charge is -2.12. The van der Waals surface area contributed by atoms with Crippen LogP contribution in [0.25, 0.3) is 11.5 Å². The summed E-state index contributed by atoms with van der Waals surface area (Å²) in [6.45, 7) is 0.338. The normalized spacial score (nSPS) is 14.2. The molecule has 1 aliphatic rings. The van der Waals surface area contributed by atoms with Crippen molar-refractivity contribution in [2.45, 2.75) is 38.6 Å². The highest BCUT2D eigenvalue weighted by Gasteiger charge is 2.13. The maximum atomic E-state index is 12.9. The van der Waals surface area contributed by atoms with Gasteiger partial charge in [-0.2, -0.15) is 4.68 Å². The number of hydrogen-bond donors (Lipinski definition) is 1. The highest BCUT2D eigenvalue weighted by Crippen LogP contribution is 2.19. The molecule has 0 saturated heterocycles. The number of allylic oxidation sites excluding steroid dienone is 1. The minimum atomic E-state index is -0.718. The minimum Gasteiger partial charge on any atom is -0.388 e. The number of nitrogens with one attached hydrogen (secondary N) is 1. The Balaban J connectivity index is 1.55. The van der Waals surface area contributed by atoms with Gasteiger partial charge < -0.3 is 9.73 Å². The van der Waals surface area contributed by atoms with Gasteiger partial charge in [0.15, 0.2) is 0 Å². The van der Waals surface area contributed by atoms with E-state index in [-0.39, 0.29) is 18.3 Å². The molecule has 3 rings (SSSR count). The van der Waals surface area contributed by atoms with Gasteiger partial charge in [0, 0.05) is 12.1 Å². The molecule has 1 amide bonds. The molecule has 1 aromatic carbocycles. The van der Waals surface area contributed by atoms with Crippen molar-refractivity contribution in [3.05, 3.63) is 52.3 Å². The third kappa shape index (κ3) is 4.65. The first kappa shape index (κ1) is 17.1. The van der Waals surface area contributed by atoms with Crippen LogP contribution in [0.1, 0.15) is 32.1 Å². The molecule has 132 valence electrons. The van der Waals surface area contributed by atoms with Crippen molar-refractivity contribution in [2.24, 2.45) is 0 Å². The number of amides is 1. The number of carbonyl (C=O) groups excluding carboxylic acids is 1. The van der Waals surface area contributed by atoms with E-state index in [0.29, 0.717) is 12.1 Å². The molecule has 0 atom stereocenters. The average Bonchev–Trinajstić information content (AvgIpc) is 2.97. The maximum Gasteiger partial charge on any atom is 0.437 e. The van der Waals surface area contributed by atoms with Crippen LogP contribution in [0, 0.1) is 5.82 Å². The molecule has 0 bridgehead atoms. The smallest absolute Gasteiger partial charge is 0.388 e. The van der Waals surface area contributed by atoms with Crippen molar-refractivity contribution < 1.29 is 13.6 Å². The summed E-state index contributed by atoms with van der Waals surface area (Å²) in [5.74, 6) is -1.34. The van der Waals surface area contributed by atoms with Crippen molar-refractivity contribution in [1.82, 2.24) is 15.1 Å². The molecule has 1 N–H and O–H groups in total. The van der Waals surface area contributed by atoms with E-state index in [1.165, 1.54) is 42.7 Å². The lowest BCUT2D eigenvalue weighted by molar-refractivity contribution is -0.121. The Morgan fingerprint density at radius 2 is 2.08 bits per heavy atom. The Bertz CT molecular complexity index is 821. The summed E-state index contributed by atoms with van der Waals surface area (Å²) in [5.41, 5.74) is 1.85. The van der Waals surface area contributed by atoms with Gasteiger partial charge in [0.2, 0.25) is 11.8 Å². The summed E-state index contributed by atoms with van der Waals surface area (Å²) < 4.78 is 18.9. The monoisotopic (exact) mass is 345 g/mol. The van der Waals surface area contributed by atoms with E-state index in [0.717, 1.165) is 23.9 Å². The van der Waals surface area contributed by atoms with Gasteiger partial charge in [-0.25, -0.2) is 9.18 Å². The lowest BCUT2D eigenvalue weighted by atomic mass is 9.97. The molecular weight excluding hydrogens is 325 g/mol. The van der Waals surface area contributed by atoms with Crippen molar-refractivity contribution in [3.63, 3.8) is 0 Å². The van der Waals surface area contributed by atoms with Gasteiger partial charge in [0.25, 0.3) is 0 Å². The number of halogens is 1. The zero-order chi connectivity index (χ0) is 17.6. The molecule has 0 fully saturated rings. The zero-order valence-corrected chi connectivity index (χ0v) is 13.8. The standard InChI is InChI=1S/C18H20FN3O3/c19-15-8-6-14(7-9-15)17-21-22(18(24)25-17)12-16(23)20-11-10-13-4-2-1-3-5-13/h4,6-9H,1-3,5,10-12H2,(H,20,23). The Labute approximate surface area is 144 Å². The minimum absolute atomic E-state index is 0.0603. The highest BCUT2D eigenvalue weighted by atomic mass is 19.1. The largest absolute Gasteiger partial charge is 0.437 e. The molecule has 1 aromatic heterocycles. The molecular formula is C18H20FN3O3. The molecule has 0 radical (unpaired) electrons. The molecule has 0 unspecified atom stereocenters. The predicted molar refractivity (Wildman–Crippen MR) is 90.3 cm³/mol. The van der Waals surface area contributed by atoms with E-state index < -0.39 is 11.6 Å². The van der Waals surface area contributed by atoms with Gasteiger partial charge in [-0.3, -0.25) is 4.79 Å². The molecule has 7 heteroatoms. The van der Waals surface area contributed by atoms with Gasteiger partial charge in [0.05, 0.1) is 0 Å². The Kier molecular flexibility index (Phi) is 5.42. The van der Waals surface area contributed by atoms with E-state index in [2.05, 4.69) is 16.5 Å². The first-order chi connectivity index (χ1) is 12.1. The summed E-state index contributed by atoms with van der Waals surface area (Å²) in [5, 5.41) is 6.78. The fraction of sp³-hybridized carbons (Fsp3) is 0.389. The number of nitrogens with zero attached hydrogens (tertiary/aromatic N) is 2. The summed E-state index contributed by atoms with van der Waals surface area (Å²) in [6.07, 6.45) is 7.73. The van der Waals surface area contributed by atoms with Crippen LogP contribution in [0.3, 0.4) is 0 Å². The Morgan fingerprint density at radius 3 is 2.80 bits per heavy atom. The maximum absolute atomic E-state index is 12.9. The van der Waals surface area contributed by atoms with Crippen LogP contribution in [0.2, 0.25) is 0 Å². The SMILES string of the molecule is O=C(Cn1nc(-c2ccc(F)cc2)oc1=O)NCCC1=CCCCC1. The fourth-order valence-electron chi connectivity index (χ4n) is 2.80. The highest BCUT2D eigenvalue weighted by molar-refractivity contribution is 5.75. The number of hydrogen-bond acceptors (Lipinski definition) is 4. The van der Waals surface area contributed by atoms with E-state index in [9.17, 15) is 14.0 Å². The second kappa shape index (κ2) is 7.92. The van der Waals surface area contributed by atoms with Crippen LogP contribution >= 0.6 is 0 Å². The van der Waals surface area contributed by atoms with Crippen LogP contribution in [0.4, 0.5) is 4.39 Å². The molecule has 1 heterocycles. The van der Waals surface area contributed by atoms with Gasteiger partial charge in [0.1, 0.15) is 12.4 Å². The van der Waals surface area contributed by atoms with Crippen LogP contribution in [0.15, 0.2) is 45.1 Å². The van der Waals surface area contributed by atoms with Crippen molar-refractivity contribution in [2.75, 3.05) is 6.54 Å². The van der Waals surface area contributed by atoms with E-state index in [1.54, 1.807) is 0 Å². The molecule has 2 aromatic rings. The first-order valence-corrected chi connectivity index (χ1v) is 8.40. The van der Waals surface area contributed by atoms with Crippen LogP contribution in [-0.4, -0.2) is 22.2 Å². The van der Waals surface area contributed by atoms with Gasteiger partial charge in [-0.05, 0) is 56.4 Å². The number of benzene rings is 1. The van der Waals surface area contributed by atoms with Crippen molar-refractivity contribution in [1.29, 1.82) is 0 Å². The predicted octanol–water partition coefficient (Wildman–Crippen LogP) is 2.65.